The zero-order valence-corrected chi connectivity index (χ0v) is 31.4. The Bertz CT molecular complexity index is 2350. The lowest BCUT2D eigenvalue weighted by Crippen LogP contribution is -2.45. The average Bonchev–Trinajstić information content (AvgIpc) is 3.21. The third-order valence-electron chi connectivity index (χ3n) is 10.0. The predicted molar refractivity (Wildman–Crippen MR) is 214 cm³/mol. The number of phenols is 2. The molecule has 0 aliphatic carbocycles. The van der Waals surface area contributed by atoms with Crippen molar-refractivity contribution in [3.05, 3.63) is 96.6 Å². The number of aromatic nitrogens is 4. The van der Waals surface area contributed by atoms with Crippen LogP contribution in [0, 0.1) is 11.6 Å². The van der Waals surface area contributed by atoms with Gasteiger partial charge in [0.2, 0.25) is 0 Å². The third kappa shape index (κ3) is 9.27. The fourth-order valence-corrected chi connectivity index (χ4v) is 6.99. The van der Waals surface area contributed by atoms with Crippen LogP contribution in [0.2, 0.25) is 0 Å². The van der Waals surface area contributed by atoms with Crippen LogP contribution < -0.4 is 20.9 Å². The first-order valence-electron chi connectivity index (χ1n) is 18.9. The summed E-state index contributed by atoms with van der Waals surface area (Å²) in [5.74, 6) is 1.62. The van der Waals surface area contributed by atoms with Crippen molar-refractivity contribution in [2.45, 2.75) is 37.8 Å². The monoisotopic (exact) mass is 778 g/mol. The number of aromatic hydroxyl groups is 2. The predicted octanol–water partition coefficient (Wildman–Crippen LogP) is 6.55. The van der Waals surface area contributed by atoms with Crippen molar-refractivity contribution >= 4 is 39.5 Å². The highest BCUT2D eigenvalue weighted by atomic mass is 19.1. The van der Waals surface area contributed by atoms with Crippen LogP contribution in [0.3, 0.4) is 0 Å². The molecule has 2 aliphatic rings. The van der Waals surface area contributed by atoms with Gasteiger partial charge in [0.25, 0.3) is 0 Å². The van der Waals surface area contributed by atoms with Gasteiger partial charge in [-0.05, 0) is 86.3 Å². The van der Waals surface area contributed by atoms with E-state index in [4.69, 9.17) is 20.2 Å². The van der Waals surface area contributed by atoms with Crippen molar-refractivity contribution in [3.8, 4) is 34.3 Å². The van der Waals surface area contributed by atoms with Crippen molar-refractivity contribution in [2.24, 2.45) is 5.73 Å². The molecule has 2 aromatic heterocycles. The molecule has 0 unspecified atom stereocenters. The lowest BCUT2D eigenvalue weighted by atomic mass is 10.0. The minimum Gasteiger partial charge on any atom is -0.507 e. The van der Waals surface area contributed by atoms with E-state index in [1.165, 1.54) is 24.3 Å². The van der Waals surface area contributed by atoms with Gasteiger partial charge in [-0.2, -0.15) is 0 Å². The summed E-state index contributed by atoms with van der Waals surface area (Å²) in [6.07, 6.45) is 2.65. The summed E-state index contributed by atoms with van der Waals surface area (Å²) < 4.78 is 37.8. The number of carbonyl (C=O) groups is 1. The zero-order valence-electron chi connectivity index (χ0n) is 31.4. The number of halogens is 2. The van der Waals surface area contributed by atoms with Crippen molar-refractivity contribution in [2.75, 3.05) is 56.3 Å². The number of rotatable bonds is 8. The number of carbonyl (C=O) groups excluding carboxylic acids is 1. The quantitative estimate of drug-likeness (QED) is 0.123. The number of ether oxygens (including phenoxy) is 2. The summed E-state index contributed by atoms with van der Waals surface area (Å²) in [5, 5.41) is 24.6. The van der Waals surface area contributed by atoms with Gasteiger partial charge in [-0.1, -0.05) is 24.3 Å². The summed E-state index contributed by atoms with van der Waals surface area (Å²) in [7, 11) is 1.55. The number of methoxy groups -OCH3 is 1. The molecule has 8 rings (SSSR count). The summed E-state index contributed by atoms with van der Waals surface area (Å²) in [4.78, 5) is 34.5. The van der Waals surface area contributed by atoms with Crippen LogP contribution in [-0.2, 0) is 9.47 Å². The SMILES string of the molecule is COCCOC(=O)NC1CCN(c2nc(-c3ccccc3O)nc3ccc(F)cc23)CC1.NC1CCN(c2nc(-c3ccccc3O)nc3ccc(F)cc23)CC1. The molecule has 4 aromatic carbocycles. The Kier molecular flexibility index (Phi) is 12.2. The van der Waals surface area contributed by atoms with Gasteiger partial charge < -0.3 is 40.5 Å². The van der Waals surface area contributed by atoms with E-state index >= 15 is 0 Å². The van der Waals surface area contributed by atoms with Crippen LogP contribution in [0.4, 0.5) is 25.2 Å². The maximum atomic E-state index is 14.0. The van der Waals surface area contributed by atoms with Crippen molar-refractivity contribution in [1.29, 1.82) is 0 Å². The van der Waals surface area contributed by atoms with Gasteiger partial charge in [0.05, 0.1) is 28.8 Å². The van der Waals surface area contributed by atoms with Gasteiger partial charge in [0.1, 0.15) is 41.4 Å². The second-order valence-electron chi connectivity index (χ2n) is 14.0. The van der Waals surface area contributed by atoms with Gasteiger partial charge in [-0.25, -0.2) is 33.5 Å². The van der Waals surface area contributed by atoms with Gasteiger partial charge in [-0.3, -0.25) is 0 Å². The minimum atomic E-state index is -0.461. The first-order chi connectivity index (χ1) is 27.7. The maximum absolute atomic E-state index is 14.0. The van der Waals surface area contributed by atoms with Crippen molar-refractivity contribution in [3.63, 3.8) is 0 Å². The highest BCUT2D eigenvalue weighted by molar-refractivity contribution is 5.92. The molecule has 2 aliphatic heterocycles. The molecule has 0 saturated carbocycles. The zero-order chi connectivity index (χ0) is 39.9. The fraction of sp³-hybridized carbons (Fsp3) is 0.310. The number of nitrogens with two attached hydrogens (primary N) is 1. The Morgan fingerprint density at radius 2 is 1.19 bits per heavy atom. The Balaban J connectivity index is 0.000000179. The molecule has 15 heteroatoms. The molecule has 4 heterocycles. The largest absolute Gasteiger partial charge is 0.507 e. The lowest BCUT2D eigenvalue weighted by molar-refractivity contribution is 0.0956. The summed E-state index contributed by atoms with van der Waals surface area (Å²) in [6, 6.07) is 22.9. The molecule has 0 bridgehead atoms. The van der Waals surface area contributed by atoms with E-state index in [-0.39, 0.29) is 41.8 Å². The normalized spacial score (nSPS) is 15.0. The Morgan fingerprint density at radius 1 is 0.719 bits per heavy atom. The highest BCUT2D eigenvalue weighted by Crippen LogP contribution is 2.34. The fourth-order valence-electron chi connectivity index (χ4n) is 6.99. The van der Waals surface area contributed by atoms with Crippen LogP contribution in [0.5, 0.6) is 11.5 Å². The molecule has 0 radical (unpaired) electrons. The van der Waals surface area contributed by atoms with Crippen LogP contribution in [0.15, 0.2) is 84.9 Å². The van der Waals surface area contributed by atoms with Crippen LogP contribution >= 0.6 is 0 Å². The molecule has 13 nitrogen and oxygen atoms in total. The Hall–Kier alpha value is -6.19. The summed E-state index contributed by atoms with van der Waals surface area (Å²) in [6.45, 7) is 3.32. The number of piperidine rings is 2. The minimum absolute atomic E-state index is 0.0243. The highest BCUT2D eigenvalue weighted by Gasteiger charge is 2.25. The average molecular weight is 779 g/mol. The van der Waals surface area contributed by atoms with Gasteiger partial charge in [0.15, 0.2) is 11.6 Å². The molecular formula is C42H44F2N8O5. The maximum Gasteiger partial charge on any atom is 0.407 e. The number of nitrogens with one attached hydrogen (secondary N) is 1. The van der Waals surface area contributed by atoms with Crippen LogP contribution in [0.1, 0.15) is 25.7 Å². The number of fused-ring (bicyclic) bond motifs is 2. The molecule has 1 amide bonds. The second-order valence-corrected chi connectivity index (χ2v) is 14.0. The van der Waals surface area contributed by atoms with E-state index in [1.54, 1.807) is 61.7 Å². The number of benzene rings is 4. The van der Waals surface area contributed by atoms with Crippen LogP contribution in [-0.4, -0.2) is 94.8 Å². The molecule has 6 aromatic rings. The number of amides is 1. The number of phenolic OH excluding ortho intramolecular Hbond substituents is 2. The molecule has 5 N–H and O–H groups in total. The van der Waals surface area contributed by atoms with E-state index in [1.807, 2.05) is 6.07 Å². The molecule has 2 fully saturated rings. The van der Waals surface area contributed by atoms with Gasteiger partial charge in [0, 0.05) is 56.1 Å². The van der Waals surface area contributed by atoms with Crippen LogP contribution in [0.25, 0.3) is 44.6 Å². The Labute approximate surface area is 328 Å². The standard InChI is InChI=1S/C23H25FN4O4.C19H19FN4O/c1-31-12-13-32-23(30)25-16-8-10-28(11-9-16)22-18-14-15(24)6-7-19(18)26-21(27-22)17-4-2-3-5-20(17)29;20-12-5-6-16-15(11-12)19(24-9-7-13(21)8-10-24)23-18(22-16)14-3-1-2-4-17(14)25/h2-7,14,16,29H,8-13H2,1H3,(H,25,30);1-6,11,13,25H,7-10,21H2. The topological polar surface area (TPSA) is 172 Å². The molecule has 2 saturated heterocycles. The van der Waals surface area contributed by atoms with Crippen molar-refractivity contribution < 1.29 is 33.3 Å². The molecule has 0 atom stereocenters. The number of alkyl carbamates (subject to hydrolysis) is 1. The number of hydrogen-bond donors (Lipinski definition) is 4. The van der Waals surface area contributed by atoms with E-state index in [2.05, 4.69) is 30.1 Å². The number of para-hydroxylation sites is 2. The summed E-state index contributed by atoms with van der Waals surface area (Å²) >= 11 is 0. The molecule has 296 valence electrons. The molecule has 57 heavy (non-hydrogen) atoms. The van der Waals surface area contributed by atoms with Gasteiger partial charge >= 0.3 is 6.09 Å². The van der Waals surface area contributed by atoms with E-state index in [0.717, 1.165) is 25.9 Å². The number of anilines is 2. The smallest absolute Gasteiger partial charge is 0.407 e. The first-order valence-corrected chi connectivity index (χ1v) is 18.9. The number of hydrogen-bond acceptors (Lipinski definition) is 12. The van der Waals surface area contributed by atoms with Crippen molar-refractivity contribution in [1.82, 2.24) is 25.3 Å². The van der Waals surface area contributed by atoms with E-state index in [9.17, 15) is 23.8 Å². The molecule has 0 spiro atoms. The van der Waals surface area contributed by atoms with Gasteiger partial charge in [-0.15, -0.1) is 0 Å². The molecular weight excluding hydrogens is 735 g/mol. The summed E-state index contributed by atoms with van der Waals surface area (Å²) in [5.41, 5.74) is 8.32. The van der Waals surface area contributed by atoms with E-state index < -0.39 is 6.09 Å². The lowest BCUT2D eigenvalue weighted by Gasteiger charge is -2.33. The Morgan fingerprint density at radius 3 is 1.67 bits per heavy atom. The number of nitrogens with zero attached hydrogens (tertiary/aromatic N) is 6. The first kappa shape index (κ1) is 39.1. The van der Waals surface area contributed by atoms with E-state index in [0.29, 0.717) is 88.8 Å². The third-order valence-corrected chi connectivity index (χ3v) is 10.0. The second kappa shape index (κ2) is 17.7.